The van der Waals surface area contributed by atoms with Gasteiger partial charge in [-0.25, -0.2) is 9.78 Å². The Hall–Kier alpha value is -3.03. The van der Waals surface area contributed by atoms with Crippen molar-refractivity contribution in [3.63, 3.8) is 0 Å². The lowest BCUT2D eigenvalue weighted by Gasteiger charge is -2.07. The van der Waals surface area contributed by atoms with Crippen molar-refractivity contribution in [2.24, 2.45) is 0 Å². The highest BCUT2D eigenvalue weighted by Crippen LogP contribution is 2.25. The lowest BCUT2D eigenvalue weighted by atomic mass is 10.2. The summed E-state index contributed by atoms with van der Waals surface area (Å²) in [5.41, 5.74) is 0.408. The van der Waals surface area contributed by atoms with E-state index in [1.807, 2.05) is 0 Å². The lowest BCUT2D eigenvalue weighted by molar-refractivity contribution is 0.0694. The number of hydrogen-bond acceptors (Lipinski definition) is 6. The van der Waals surface area contributed by atoms with Crippen LogP contribution in [0.3, 0.4) is 0 Å². The third-order valence-electron chi connectivity index (χ3n) is 2.69. The third kappa shape index (κ3) is 1.92. The van der Waals surface area contributed by atoms with E-state index >= 15 is 0 Å². The molecule has 0 bridgehead atoms. The molecule has 0 aliphatic rings. The van der Waals surface area contributed by atoms with Crippen molar-refractivity contribution in [1.29, 1.82) is 0 Å². The van der Waals surface area contributed by atoms with Gasteiger partial charge in [0.2, 0.25) is 5.65 Å². The van der Waals surface area contributed by atoms with Gasteiger partial charge >= 0.3 is 5.97 Å². The number of aryl methyl sites for hydroxylation is 1. The van der Waals surface area contributed by atoms with E-state index in [0.29, 0.717) is 11.5 Å². The Morgan fingerprint density at radius 2 is 2.20 bits per heavy atom. The molecule has 0 aliphatic heterocycles. The zero-order valence-electron chi connectivity index (χ0n) is 10.4. The standard InChI is InChI=1S/C12H9N5O3/c1-7-15-16-10-11(14-4-5-17(7)10)20-9-6-13-3-2-8(9)12(18)19/h2-6H,1H3,(H,18,19). The summed E-state index contributed by atoms with van der Waals surface area (Å²) in [4.78, 5) is 19.0. The summed E-state index contributed by atoms with van der Waals surface area (Å²) in [5, 5.41) is 17.0. The molecule has 0 aromatic carbocycles. The smallest absolute Gasteiger partial charge is 0.339 e. The largest absolute Gasteiger partial charge is 0.478 e. The van der Waals surface area contributed by atoms with E-state index in [2.05, 4.69) is 20.2 Å². The van der Waals surface area contributed by atoms with Gasteiger partial charge in [0.05, 0.1) is 6.20 Å². The number of aromatic nitrogens is 5. The van der Waals surface area contributed by atoms with Crippen LogP contribution in [-0.4, -0.2) is 35.6 Å². The number of nitrogens with zero attached hydrogens (tertiary/aromatic N) is 5. The van der Waals surface area contributed by atoms with E-state index in [4.69, 9.17) is 9.84 Å². The molecular weight excluding hydrogens is 262 g/mol. The first kappa shape index (κ1) is 12.0. The minimum absolute atomic E-state index is 0.0000373. The molecule has 3 aromatic rings. The van der Waals surface area contributed by atoms with Crippen molar-refractivity contribution < 1.29 is 14.6 Å². The van der Waals surface area contributed by atoms with Gasteiger partial charge in [-0.3, -0.25) is 9.38 Å². The van der Waals surface area contributed by atoms with Crippen LogP contribution >= 0.6 is 0 Å². The normalized spacial score (nSPS) is 10.7. The third-order valence-corrected chi connectivity index (χ3v) is 2.69. The Morgan fingerprint density at radius 3 is 3.00 bits per heavy atom. The van der Waals surface area contributed by atoms with Crippen molar-refractivity contribution in [2.75, 3.05) is 0 Å². The van der Waals surface area contributed by atoms with Gasteiger partial charge in [0, 0.05) is 18.6 Å². The molecular formula is C12H9N5O3. The molecule has 8 heteroatoms. The first-order valence-corrected chi connectivity index (χ1v) is 5.68. The Kier molecular flexibility index (Phi) is 2.75. The number of carboxylic acid groups (broad SMARTS) is 1. The predicted molar refractivity (Wildman–Crippen MR) is 66.8 cm³/mol. The van der Waals surface area contributed by atoms with E-state index in [0.717, 1.165) is 0 Å². The fourth-order valence-electron chi connectivity index (χ4n) is 1.73. The van der Waals surface area contributed by atoms with E-state index in [1.165, 1.54) is 24.7 Å². The topological polar surface area (TPSA) is 102 Å². The predicted octanol–water partition coefficient (Wildman–Crippen LogP) is 1.32. The first-order chi connectivity index (χ1) is 9.66. The van der Waals surface area contributed by atoms with Gasteiger partial charge in [-0.15, -0.1) is 10.2 Å². The summed E-state index contributed by atoms with van der Waals surface area (Å²) in [5.74, 6) is -0.159. The van der Waals surface area contributed by atoms with E-state index in [9.17, 15) is 4.79 Å². The number of hydrogen-bond donors (Lipinski definition) is 1. The van der Waals surface area contributed by atoms with Crippen LogP contribution in [0.25, 0.3) is 5.65 Å². The molecule has 0 radical (unpaired) electrons. The average molecular weight is 271 g/mol. The maximum Gasteiger partial charge on any atom is 0.339 e. The summed E-state index contributed by atoms with van der Waals surface area (Å²) >= 11 is 0. The highest BCUT2D eigenvalue weighted by atomic mass is 16.5. The van der Waals surface area contributed by atoms with Gasteiger partial charge in [-0.2, -0.15) is 0 Å². The molecule has 0 saturated carbocycles. The molecule has 0 aliphatic carbocycles. The van der Waals surface area contributed by atoms with Crippen molar-refractivity contribution in [2.45, 2.75) is 6.92 Å². The second kappa shape index (κ2) is 4.57. The van der Waals surface area contributed by atoms with Crippen LogP contribution in [0.5, 0.6) is 11.6 Å². The second-order valence-electron chi connectivity index (χ2n) is 3.95. The van der Waals surface area contributed by atoms with Crippen LogP contribution in [0, 0.1) is 6.92 Å². The van der Waals surface area contributed by atoms with Gasteiger partial charge in [0.25, 0.3) is 5.88 Å². The van der Waals surface area contributed by atoms with Gasteiger partial charge in [0.15, 0.2) is 5.75 Å². The number of ether oxygens (including phenoxy) is 1. The van der Waals surface area contributed by atoms with Crippen molar-refractivity contribution in [1.82, 2.24) is 24.6 Å². The summed E-state index contributed by atoms with van der Waals surface area (Å²) in [6, 6.07) is 1.35. The number of pyridine rings is 1. The molecule has 0 amide bonds. The van der Waals surface area contributed by atoms with Crippen molar-refractivity contribution >= 4 is 11.6 Å². The molecule has 3 rings (SSSR count). The monoisotopic (exact) mass is 271 g/mol. The van der Waals surface area contributed by atoms with Gasteiger partial charge in [-0.1, -0.05) is 0 Å². The Balaban J connectivity index is 2.08. The van der Waals surface area contributed by atoms with E-state index in [1.54, 1.807) is 17.5 Å². The maximum atomic E-state index is 11.1. The van der Waals surface area contributed by atoms with Crippen LogP contribution in [0.2, 0.25) is 0 Å². The number of fused-ring (bicyclic) bond motifs is 1. The first-order valence-electron chi connectivity index (χ1n) is 5.68. The van der Waals surface area contributed by atoms with Gasteiger partial charge in [-0.05, 0) is 13.0 Å². The number of aromatic carboxylic acids is 1. The van der Waals surface area contributed by atoms with Crippen LogP contribution in [-0.2, 0) is 0 Å². The van der Waals surface area contributed by atoms with Crippen molar-refractivity contribution in [3.8, 4) is 11.6 Å². The van der Waals surface area contributed by atoms with Gasteiger partial charge in [0.1, 0.15) is 11.4 Å². The molecule has 0 atom stereocenters. The molecule has 100 valence electrons. The average Bonchev–Trinajstić information content (AvgIpc) is 2.82. The Labute approximate surface area is 112 Å². The zero-order valence-corrected chi connectivity index (χ0v) is 10.4. The van der Waals surface area contributed by atoms with Crippen LogP contribution in [0.15, 0.2) is 30.9 Å². The second-order valence-corrected chi connectivity index (χ2v) is 3.95. The number of rotatable bonds is 3. The lowest BCUT2D eigenvalue weighted by Crippen LogP contribution is -2.02. The highest BCUT2D eigenvalue weighted by molar-refractivity contribution is 5.90. The number of carbonyl (C=O) groups is 1. The van der Waals surface area contributed by atoms with Crippen LogP contribution in [0.1, 0.15) is 16.2 Å². The molecule has 0 spiro atoms. The molecule has 1 N–H and O–H groups in total. The molecule has 0 fully saturated rings. The molecule has 20 heavy (non-hydrogen) atoms. The molecule has 0 unspecified atom stereocenters. The summed E-state index contributed by atoms with van der Waals surface area (Å²) in [6.07, 6.45) is 5.91. The number of carboxylic acids is 1. The minimum Gasteiger partial charge on any atom is -0.478 e. The minimum atomic E-state index is -1.10. The fraction of sp³-hybridized carbons (Fsp3) is 0.0833. The highest BCUT2D eigenvalue weighted by Gasteiger charge is 2.15. The van der Waals surface area contributed by atoms with E-state index in [-0.39, 0.29) is 17.2 Å². The maximum absolute atomic E-state index is 11.1. The van der Waals surface area contributed by atoms with Crippen molar-refractivity contribution in [3.05, 3.63) is 42.2 Å². The summed E-state index contributed by atoms with van der Waals surface area (Å²) in [7, 11) is 0. The van der Waals surface area contributed by atoms with Gasteiger partial charge < -0.3 is 9.84 Å². The Morgan fingerprint density at radius 1 is 1.35 bits per heavy atom. The SMILES string of the molecule is Cc1nnc2c(Oc3cnccc3C(=O)O)nccn12. The zero-order chi connectivity index (χ0) is 14.1. The molecule has 8 nitrogen and oxygen atoms in total. The van der Waals surface area contributed by atoms with E-state index < -0.39 is 5.97 Å². The quantitative estimate of drug-likeness (QED) is 0.766. The summed E-state index contributed by atoms with van der Waals surface area (Å²) in [6.45, 7) is 1.79. The molecule has 3 aromatic heterocycles. The molecule has 3 heterocycles. The Bertz CT molecular complexity index is 799. The summed E-state index contributed by atoms with van der Waals surface area (Å²) < 4.78 is 7.21. The molecule has 0 saturated heterocycles. The van der Waals surface area contributed by atoms with Crippen LogP contribution in [0.4, 0.5) is 0 Å². The fourth-order valence-corrected chi connectivity index (χ4v) is 1.73. The van der Waals surface area contributed by atoms with Crippen LogP contribution < -0.4 is 4.74 Å².